The minimum atomic E-state index is 0.584. The first kappa shape index (κ1) is 11.3. The first-order chi connectivity index (χ1) is 7.36. The van der Waals surface area contributed by atoms with Crippen LogP contribution >= 0.6 is 0 Å². The van der Waals surface area contributed by atoms with Crippen LogP contribution in [0.4, 0.5) is 5.82 Å². The Morgan fingerprint density at radius 2 is 2.33 bits per heavy atom. The zero-order valence-electron chi connectivity index (χ0n) is 9.08. The number of aromatic nitrogens is 2. The molecule has 1 heterocycles. The molecule has 1 rings (SSSR count). The normalized spacial score (nSPS) is 8.93. The molecule has 0 aliphatic rings. The highest BCUT2D eigenvalue weighted by Gasteiger charge is 1.97. The lowest BCUT2D eigenvalue weighted by Crippen LogP contribution is -2.03. The molecule has 0 aliphatic carbocycles. The van der Waals surface area contributed by atoms with Gasteiger partial charge in [-0.05, 0) is 13.3 Å². The van der Waals surface area contributed by atoms with E-state index < -0.39 is 0 Å². The standard InChI is InChI=1S/C11H15N3O/c1-3-5-6-12-10-8-11(14-9-13-10)15-7-4-2/h8-9H,4,6-7H2,1-2H3,(H,12,13,14). The van der Waals surface area contributed by atoms with E-state index in [1.807, 2.05) is 0 Å². The van der Waals surface area contributed by atoms with Crippen molar-refractivity contribution in [2.75, 3.05) is 18.5 Å². The van der Waals surface area contributed by atoms with Gasteiger partial charge in [0.25, 0.3) is 0 Å². The molecule has 4 nitrogen and oxygen atoms in total. The monoisotopic (exact) mass is 205 g/mol. The third-order valence-electron chi connectivity index (χ3n) is 1.63. The minimum absolute atomic E-state index is 0.584. The fourth-order valence-electron chi connectivity index (χ4n) is 0.945. The second kappa shape index (κ2) is 6.66. The van der Waals surface area contributed by atoms with E-state index in [2.05, 4.69) is 34.0 Å². The number of nitrogens with zero attached hydrogens (tertiary/aromatic N) is 2. The summed E-state index contributed by atoms with van der Waals surface area (Å²) < 4.78 is 5.37. The predicted molar refractivity (Wildman–Crippen MR) is 59.8 cm³/mol. The third-order valence-corrected chi connectivity index (χ3v) is 1.63. The molecule has 80 valence electrons. The summed E-state index contributed by atoms with van der Waals surface area (Å²) >= 11 is 0. The molecule has 0 radical (unpaired) electrons. The molecule has 15 heavy (non-hydrogen) atoms. The van der Waals surface area contributed by atoms with Crippen LogP contribution in [0.5, 0.6) is 5.88 Å². The van der Waals surface area contributed by atoms with Crippen LogP contribution in [0, 0.1) is 11.8 Å². The Kier molecular flexibility index (Phi) is 5.02. The van der Waals surface area contributed by atoms with Gasteiger partial charge < -0.3 is 10.1 Å². The van der Waals surface area contributed by atoms with Crippen molar-refractivity contribution in [2.24, 2.45) is 0 Å². The average Bonchev–Trinajstić information content (AvgIpc) is 2.27. The van der Waals surface area contributed by atoms with Gasteiger partial charge in [0.05, 0.1) is 13.2 Å². The lowest BCUT2D eigenvalue weighted by Gasteiger charge is -2.05. The average molecular weight is 205 g/mol. The van der Waals surface area contributed by atoms with Crippen molar-refractivity contribution >= 4 is 5.82 Å². The van der Waals surface area contributed by atoms with Gasteiger partial charge in [0.15, 0.2) is 0 Å². The summed E-state index contributed by atoms with van der Waals surface area (Å²) in [6, 6.07) is 1.77. The van der Waals surface area contributed by atoms with E-state index in [1.165, 1.54) is 6.33 Å². The maximum Gasteiger partial charge on any atom is 0.218 e. The fourth-order valence-corrected chi connectivity index (χ4v) is 0.945. The van der Waals surface area contributed by atoms with E-state index in [1.54, 1.807) is 13.0 Å². The summed E-state index contributed by atoms with van der Waals surface area (Å²) in [5.74, 6) is 7.03. The van der Waals surface area contributed by atoms with Crippen molar-refractivity contribution < 1.29 is 4.74 Å². The zero-order valence-corrected chi connectivity index (χ0v) is 9.08. The molecule has 1 N–H and O–H groups in total. The molecule has 0 fully saturated rings. The quantitative estimate of drug-likeness (QED) is 0.743. The highest BCUT2D eigenvalue weighted by atomic mass is 16.5. The maximum absolute atomic E-state index is 5.37. The largest absolute Gasteiger partial charge is 0.478 e. The molecule has 0 atom stereocenters. The summed E-state index contributed by atoms with van der Waals surface area (Å²) in [4.78, 5) is 8.05. The number of anilines is 1. The molecule has 4 heteroatoms. The smallest absolute Gasteiger partial charge is 0.218 e. The summed E-state index contributed by atoms with van der Waals surface area (Å²) in [6.07, 6.45) is 2.45. The second-order valence-electron chi connectivity index (χ2n) is 2.87. The fraction of sp³-hybridized carbons (Fsp3) is 0.455. The van der Waals surface area contributed by atoms with E-state index in [-0.39, 0.29) is 0 Å². The molecule has 0 saturated carbocycles. The first-order valence-corrected chi connectivity index (χ1v) is 4.95. The van der Waals surface area contributed by atoms with Crippen LogP contribution in [-0.2, 0) is 0 Å². The van der Waals surface area contributed by atoms with Gasteiger partial charge in [-0.25, -0.2) is 9.97 Å². The Hall–Kier alpha value is -1.76. The minimum Gasteiger partial charge on any atom is -0.478 e. The summed E-state index contributed by atoms with van der Waals surface area (Å²) in [6.45, 7) is 5.11. The molecule has 0 spiro atoms. The van der Waals surface area contributed by atoms with Crippen molar-refractivity contribution in [2.45, 2.75) is 20.3 Å². The number of rotatable bonds is 5. The van der Waals surface area contributed by atoms with Crippen molar-refractivity contribution in [3.05, 3.63) is 12.4 Å². The van der Waals surface area contributed by atoms with E-state index in [9.17, 15) is 0 Å². The van der Waals surface area contributed by atoms with Gasteiger partial charge in [-0.2, -0.15) is 0 Å². The van der Waals surface area contributed by atoms with Crippen LogP contribution in [0.15, 0.2) is 12.4 Å². The summed E-state index contributed by atoms with van der Waals surface area (Å²) in [5.41, 5.74) is 0. The van der Waals surface area contributed by atoms with Gasteiger partial charge in [0.1, 0.15) is 12.1 Å². The van der Waals surface area contributed by atoms with Crippen molar-refractivity contribution in [1.29, 1.82) is 0 Å². The number of hydrogen-bond donors (Lipinski definition) is 1. The van der Waals surface area contributed by atoms with Crippen LogP contribution < -0.4 is 10.1 Å². The van der Waals surface area contributed by atoms with E-state index >= 15 is 0 Å². The number of ether oxygens (including phenoxy) is 1. The Balaban J connectivity index is 2.52. The molecular weight excluding hydrogens is 190 g/mol. The molecule has 0 bridgehead atoms. The van der Waals surface area contributed by atoms with Crippen LogP contribution in [0.1, 0.15) is 20.3 Å². The lowest BCUT2D eigenvalue weighted by atomic mass is 10.5. The molecule has 1 aromatic rings. The van der Waals surface area contributed by atoms with Crippen molar-refractivity contribution in [1.82, 2.24) is 9.97 Å². The zero-order chi connectivity index (χ0) is 10.9. The molecule has 1 aromatic heterocycles. The van der Waals surface area contributed by atoms with Gasteiger partial charge >= 0.3 is 0 Å². The topological polar surface area (TPSA) is 47.0 Å². The molecule has 0 unspecified atom stereocenters. The molecule has 0 amide bonds. The maximum atomic E-state index is 5.37. The van der Waals surface area contributed by atoms with Crippen molar-refractivity contribution in [3.63, 3.8) is 0 Å². The van der Waals surface area contributed by atoms with Gasteiger partial charge in [0, 0.05) is 6.07 Å². The Bertz CT molecular complexity index is 354. The van der Waals surface area contributed by atoms with E-state index in [0.717, 1.165) is 12.2 Å². The third kappa shape index (κ3) is 4.32. The van der Waals surface area contributed by atoms with Crippen LogP contribution in [0.2, 0.25) is 0 Å². The molecule has 0 saturated heterocycles. The molecule has 0 aromatic carbocycles. The van der Waals surface area contributed by atoms with Crippen LogP contribution in [0.25, 0.3) is 0 Å². The second-order valence-corrected chi connectivity index (χ2v) is 2.87. The van der Waals surface area contributed by atoms with Crippen LogP contribution in [0.3, 0.4) is 0 Å². The van der Waals surface area contributed by atoms with E-state index in [0.29, 0.717) is 19.0 Å². The first-order valence-electron chi connectivity index (χ1n) is 4.95. The summed E-state index contributed by atoms with van der Waals surface area (Å²) in [5, 5.41) is 3.06. The summed E-state index contributed by atoms with van der Waals surface area (Å²) in [7, 11) is 0. The molecular formula is C11H15N3O. The number of hydrogen-bond acceptors (Lipinski definition) is 4. The SMILES string of the molecule is CC#CCNc1cc(OCCC)ncn1. The Morgan fingerprint density at radius 3 is 3.07 bits per heavy atom. The highest BCUT2D eigenvalue weighted by molar-refractivity contribution is 5.38. The van der Waals surface area contributed by atoms with E-state index in [4.69, 9.17) is 4.74 Å². The number of nitrogens with one attached hydrogen (secondary N) is 1. The Labute approximate surface area is 90.1 Å². The van der Waals surface area contributed by atoms with Gasteiger partial charge in [-0.3, -0.25) is 0 Å². The van der Waals surface area contributed by atoms with Gasteiger partial charge in [0.2, 0.25) is 5.88 Å². The van der Waals surface area contributed by atoms with Gasteiger partial charge in [-0.1, -0.05) is 12.8 Å². The van der Waals surface area contributed by atoms with Crippen molar-refractivity contribution in [3.8, 4) is 17.7 Å². The van der Waals surface area contributed by atoms with Gasteiger partial charge in [-0.15, -0.1) is 5.92 Å². The highest BCUT2D eigenvalue weighted by Crippen LogP contribution is 2.10. The predicted octanol–water partition coefficient (Wildman–Crippen LogP) is 1.70. The van der Waals surface area contributed by atoms with Crippen LogP contribution in [-0.4, -0.2) is 23.1 Å². The Morgan fingerprint density at radius 1 is 1.47 bits per heavy atom. The molecule has 0 aliphatic heterocycles. The lowest BCUT2D eigenvalue weighted by molar-refractivity contribution is 0.305.